The van der Waals surface area contributed by atoms with Crippen molar-refractivity contribution in [2.45, 2.75) is 13.8 Å². The molecule has 1 aromatic rings. The van der Waals surface area contributed by atoms with E-state index in [1.807, 2.05) is 0 Å². The molecular weight excluding hydrogens is 194 g/mol. The fourth-order valence-electron chi connectivity index (χ4n) is 0.918. The smallest absolute Gasteiger partial charge is 0.183 e. The molecule has 0 aromatic carbocycles. The zero-order chi connectivity index (χ0) is 11.3. The molecule has 78 valence electrons. The monoisotopic (exact) mass is 205 g/mol. The Morgan fingerprint density at radius 1 is 1.47 bits per heavy atom. The molecule has 5 nitrogen and oxygen atoms in total. The van der Waals surface area contributed by atoms with Crippen LogP contribution < -0.4 is 0 Å². The molecule has 0 unspecified atom stereocenters. The number of hydrogen-bond donors (Lipinski definition) is 1. The molecule has 0 aliphatic rings. The second kappa shape index (κ2) is 4.99. The van der Waals surface area contributed by atoms with Crippen LogP contribution in [0.5, 0.6) is 0 Å². The predicted octanol–water partition coefficient (Wildman–Crippen LogP) is 2.54. The predicted molar refractivity (Wildman–Crippen MR) is 54.8 cm³/mol. The van der Waals surface area contributed by atoms with Crippen molar-refractivity contribution in [3.05, 3.63) is 36.0 Å². The highest BCUT2D eigenvalue weighted by atomic mass is 16.3. The minimum atomic E-state index is -0.331. The SMILES string of the molecule is CC(=O)/C(N=Nc1cccnc1)=C(/C)O. The van der Waals surface area contributed by atoms with Crippen LogP contribution >= 0.6 is 0 Å². The molecule has 0 spiro atoms. The molecule has 0 saturated heterocycles. The van der Waals surface area contributed by atoms with E-state index in [-0.39, 0.29) is 17.2 Å². The lowest BCUT2D eigenvalue weighted by molar-refractivity contribution is -0.113. The number of aliphatic hydroxyl groups excluding tert-OH is 1. The van der Waals surface area contributed by atoms with E-state index in [2.05, 4.69) is 15.2 Å². The summed E-state index contributed by atoms with van der Waals surface area (Å²) in [6, 6.07) is 3.40. The number of carbonyl (C=O) groups excluding carboxylic acids is 1. The second-order valence-corrected chi connectivity index (χ2v) is 2.90. The van der Waals surface area contributed by atoms with Crippen LogP contribution in [0.15, 0.2) is 46.2 Å². The summed E-state index contributed by atoms with van der Waals surface area (Å²) in [5, 5.41) is 16.6. The maximum Gasteiger partial charge on any atom is 0.183 e. The minimum Gasteiger partial charge on any atom is -0.510 e. The summed E-state index contributed by atoms with van der Waals surface area (Å²) in [6.07, 6.45) is 3.12. The minimum absolute atomic E-state index is 0.0427. The topological polar surface area (TPSA) is 74.9 Å². The Labute approximate surface area is 87.2 Å². The third kappa shape index (κ3) is 3.30. The molecule has 0 fully saturated rings. The van der Waals surface area contributed by atoms with E-state index in [4.69, 9.17) is 5.11 Å². The highest BCUT2D eigenvalue weighted by Crippen LogP contribution is 2.12. The van der Waals surface area contributed by atoms with Crippen molar-refractivity contribution >= 4 is 11.5 Å². The van der Waals surface area contributed by atoms with E-state index in [0.29, 0.717) is 5.69 Å². The van der Waals surface area contributed by atoms with Gasteiger partial charge in [-0.25, -0.2) is 0 Å². The lowest BCUT2D eigenvalue weighted by Crippen LogP contribution is -1.96. The zero-order valence-corrected chi connectivity index (χ0v) is 8.51. The first kappa shape index (κ1) is 11.0. The average Bonchev–Trinajstić information content (AvgIpc) is 2.18. The second-order valence-electron chi connectivity index (χ2n) is 2.90. The Bertz CT molecular complexity index is 406. The van der Waals surface area contributed by atoms with Gasteiger partial charge in [0.25, 0.3) is 0 Å². The van der Waals surface area contributed by atoms with E-state index >= 15 is 0 Å². The summed E-state index contributed by atoms with van der Waals surface area (Å²) in [5.74, 6) is -0.474. The first-order valence-corrected chi connectivity index (χ1v) is 4.34. The number of ketones is 1. The number of carbonyl (C=O) groups is 1. The molecule has 1 heterocycles. The van der Waals surface area contributed by atoms with Crippen LogP contribution in [-0.2, 0) is 4.79 Å². The first-order valence-electron chi connectivity index (χ1n) is 4.34. The summed E-state index contributed by atoms with van der Waals surface area (Å²) >= 11 is 0. The van der Waals surface area contributed by atoms with Crippen LogP contribution in [0.2, 0.25) is 0 Å². The van der Waals surface area contributed by atoms with Gasteiger partial charge in [-0.3, -0.25) is 9.78 Å². The van der Waals surface area contributed by atoms with Crippen LogP contribution in [-0.4, -0.2) is 15.9 Å². The van der Waals surface area contributed by atoms with Crippen LogP contribution in [0.25, 0.3) is 0 Å². The van der Waals surface area contributed by atoms with Crippen molar-refractivity contribution < 1.29 is 9.90 Å². The standard InChI is InChI=1S/C10H11N3O2/c1-7(14)10(8(2)15)13-12-9-4-3-5-11-6-9/h3-6,14H,1-2H3/b10-7+,13-12?. The Morgan fingerprint density at radius 2 is 2.20 bits per heavy atom. The van der Waals surface area contributed by atoms with Gasteiger partial charge in [0.1, 0.15) is 11.4 Å². The van der Waals surface area contributed by atoms with Crippen molar-refractivity contribution in [2.75, 3.05) is 0 Å². The maximum atomic E-state index is 11.0. The molecule has 0 atom stereocenters. The van der Waals surface area contributed by atoms with Crippen molar-refractivity contribution in [1.82, 2.24) is 4.98 Å². The molecule has 1 rings (SSSR count). The van der Waals surface area contributed by atoms with Gasteiger partial charge in [-0.2, -0.15) is 0 Å². The number of aliphatic hydroxyl groups is 1. The molecule has 15 heavy (non-hydrogen) atoms. The molecule has 0 aliphatic carbocycles. The fraction of sp³-hybridized carbons (Fsp3) is 0.200. The van der Waals surface area contributed by atoms with Crippen LogP contribution in [0.4, 0.5) is 5.69 Å². The van der Waals surface area contributed by atoms with E-state index in [1.54, 1.807) is 18.3 Å². The van der Waals surface area contributed by atoms with Crippen molar-refractivity contribution in [3.63, 3.8) is 0 Å². The van der Waals surface area contributed by atoms with Gasteiger partial charge in [-0.15, -0.1) is 10.2 Å². The van der Waals surface area contributed by atoms with Gasteiger partial charge in [0.2, 0.25) is 0 Å². The third-order valence-electron chi connectivity index (χ3n) is 1.59. The number of Topliss-reactive ketones (excluding diaryl/α,β-unsaturated/α-hetero) is 1. The molecule has 0 amide bonds. The number of pyridine rings is 1. The number of allylic oxidation sites excluding steroid dienone is 2. The van der Waals surface area contributed by atoms with E-state index in [9.17, 15) is 4.79 Å². The molecule has 1 N–H and O–H groups in total. The number of aromatic nitrogens is 1. The Kier molecular flexibility index (Phi) is 3.68. The van der Waals surface area contributed by atoms with Crippen LogP contribution in [0.1, 0.15) is 13.8 Å². The summed E-state index contributed by atoms with van der Waals surface area (Å²) in [4.78, 5) is 14.9. The Balaban J connectivity index is 2.90. The van der Waals surface area contributed by atoms with Crippen molar-refractivity contribution in [3.8, 4) is 0 Å². The molecule has 1 aromatic heterocycles. The number of rotatable bonds is 3. The maximum absolute atomic E-state index is 11.0. The summed E-state index contributed by atoms with van der Waals surface area (Å²) < 4.78 is 0. The van der Waals surface area contributed by atoms with E-state index in [0.717, 1.165) is 0 Å². The van der Waals surface area contributed by atoms with E-state index < -0.39 is 0 Å². The Hall–Kier alpha value is -2.04. The van der Waals surface area contributed by atoms with Crippen molar-refractivity contribution in [1.29, 1.82) is 0 Å². The zero-order valence-electron chi connectivity index (χ0n) is 8.51. The quantitative estimate of drug-likeness (QED) is 0.468. The summed E-state index contributed by atoms with van der Waals surface area (Å²) in [6.45, 7) is 2.70. The van der Waals surface area contributed by atoms with Crippen LogP contribution in [0.3, 0.4) is 0 Å². The van der Waals surface area contributed by atoms with Gasteiger partial charge in [-0.05, 0) is 19.1 Å². The largest absolute Gasteiger partial charge is 0.510 e. The molecule has 0 aliphatic heterocycles. The van der Waals surface area contributed by atoms with Gasteiger partial charge in [0.05, 0.1) is 6.20 Å². The normalized spacial score (nSPS) is 12.7. The van der Waals surface area contributed by atoms with Gasteiger partial charge >= 0.3 is 0 Å². The highest BCUT2D eigenvalue weighted by Gasteiger charge is 2.06. The van der Waals surface area contributed by atoms with E-state index in [1.165, 1.54) is 20.0 Å². The summed E-state index contributed by atoms with van der Waals surface area (Å²) in [5.41, 5.74) is 0.483. The molecule has 0 saturated carbocycles. The van der Waals surface area contributed by atoms with Gasteiger partial charge in [0, 0.05) is 13.1 Å². The van der Waals surface area contributed by atoms with Gasteiger partial charge in [0.15, 0.2) is 11.5 Å². The fourth-order valence-corrected chi connectivity index (χ4v) is 0.918. The third-order valence-corrected chi connectivity index (χ3v) is 1.59. The van der Waals surface area contributed by atoms with Crippen LogP contribution in [0, 0.1) is 0 Å². The Morgan fingerprint density at radius 3 is 2.67 bits per heavy atom. The van der Waals surface area contributed by atoms with Gasteiger partial charge < -0.3 is 5.11 Å². The molecule has 5 heteroatoms. The van der Waals surface area contributed by atoms with Gasteiger partial charge in [-0.1, -0.05) is 0 Å². The summed E-state index contributed by atoms with van der Waals surface area (Å²) in [7, 11) is 0. The number of hydrogen-bond acceptors (Lipinski definition) is 5. The molecule has 0 bridgehead atoms. The molecular formula is C10H11N3O2. The van der Waals surface area contributed by atoms with Crippen molar-refractivity contribution in [2.24, 2.45) is 10.2 Å². The number of azo groups is 1. The lowest BCUT2D eigenvalue weighted by atomic mass is 10.3. The highest BCUT2D eigenvalue weighted by molar-refractivity contribution is 5.93. The average molecular weight is 205 g/mol. The first-order chi connectivity index (χ1) is 7.11. The molecule has 0 radical (unpaired) electrons. The number of nitrogens with zero attached hydrogens (tertiary/aromatic N) is 3. The lowest BCUT2D eigenvalue weighted by Gasteiger charge is -1.96.